The van der Waals surface area contributed by atoms with Crippen LogP contribution >= 0.6 is 0 Å². The van der Waals surface area contributed by atoms with Crippen LogP contribution in [0, 0.1) is 29.1 Å². The summed E-state index contributed by atoms with van der Waals surface area (Å²) in [5.41, 5.74) is -1.73. The minimum absolute atomic E-state index is 0.0338. The fourth-order valence-electron chi connectivity index (χ4n) is 3.79. The summed E-state index contributed by atoms with van der Waals surface area (Å²) in [6, 6.07) is 9.79. The highest BCUT2D eigenvalue weighted by molar-refractivity contribution is 5.85. The molecular formula is C25H16F5NO4. The zero-order chi connectivity index (χ0) is 25.3. The standard InChI is InChI=1S/C25H16F5NO4/c26-14-5-12(6-15(27)9-14)11-31-21(32)10-17(13-7-18(28)23(30)19(29)8-13)22-24(33)16-3-1-2-4-20(16)35-25(22)34/h1-9,17,33H,10-11H2,(H,31,32). The van der Waals surface area contributed by atoms with Crippen LogP contribution in [0.25, 0.3) is 11.0 Å². The Morgan fingerprint density at radius 3 is 2.23 bits per heavy atom. The molecule has 0 fully saturated rings. The molecule has 35 heavy (non-hydrogen) atoms. The molecule has 1 atom stereocenters. The molecule has 180 valence electrons. The predicted octanol–water partition coefficient (Wildman–Crippen LogP) is 5.03. The van der Waals surface area contributed by atoms with Gasteiger partial charge in [0.1, 0.15) is 23.0 Å². The molecule has 1 unspecified atom stereocenters. The van der Waals surface area contributed by atoms with Crippen molar-refractivity contribution in [2.24, 2.45) is 0 Å². The summed E-state index contributed by atoms with van der Waals surface area (Å²) in [7, 11) is 0. The summed E-state index contributed by atoms with van der Waals surface area (Å²) in [5, 5.41) is 13.3. The first-order valence-corrected chi connectivity index (χ1v) is 10.2. The topological polar surface area (TPSA) is 79.5 Å². The van der Waals surface area contributed by atoms with Crippen LogP contribution < -0.4 is 10.9 Å². The van der Waals surface area contributed by atoms with Gasteiger partial charge in [-0.1, -0.05) is 12.1 Å². The van der Waals surface area contributed by atoms with Gasteiger partial charge < -0.3 is 14.8 Å². The van der Waals surface area contributed by atoms with Gasteiger partial charge in [0.25, 0.3) is 0 Å². The van der Waals surface area contributed by atoms with Crippen molar-refractivity contribution in [3.8, 4) is 5.75 Å². The molecule has 0 aliphatic carbocycles. The van der Waals surface area contributed by atoms with Crippen molar-refractivity contribution in [1.29, 1.82) is 0 Å². The summed E-state index contributed by atoms with van der Waals surface area (Å²) < 4.78 is 73.6. The van der Waals surface area contributed by atoms with Crippen LogP contribution in [0.1, 0.15) is 29.0 Å². The molecular weight excluding hydrogens is 473 g/mol. The second kappa shape index (κ2) is 9.57. The number of fused-ring (bicyclic) bond motifs is 1. The van der Waals surface area contributed by atoms with Crippen LogP contribution in [0.15, 0.2) is 63.8 Å². The highest BCUT2D eigenvalue weighted by Gasteiger charge is 2.29. The minimum atomic E-state index is -1.75. The van der Waals surface area contributed by atoms with Crippen molar-refractivity contribution < 1.29 is 36.3 Å². The third-order valence-electron chi connectivity index (χ3n) is 5.38. The Bertz CT molecular complexity index is 1460. The minimum Gasteiger partial charge on any atom is -0.507 e. The summed E-state index contributed by atoms with van der Waals surface area (Å²) in [6.07, 6.45) is -0.640. The lowest BCUT2D eigenvalue weighted by Gasteiger charge is -2.19. The average molecular weight is 489 g/mol. The molecule has 0 spiro atoms. The molecule has 1 amide bonds. The van der Waals surface area contributed by atoms with E-state index in [1.54, 1.807) is 12.1 Å². The number of aromatic hydroxyl groups is 1. The normalized spacial score (nSPS) is 12.0. The van der Waals surface area contributed by atoms with Crippen molar-refractivity contribution in [2.75, 3.05) is 0 Å². The number of carbonyl (C=O) groups excluding carboxylic acids is 1. The Morgan fingerprint density at radius 2 is 1.57 bits per heavy atom. The first-order chi connectivity index (χ1) is 16.6. The molecule has 1 aromatic heterocycles. The van der Waals surface area contributed by atoms with E-state index in [4.69, 9.17) is 4.42 Å². The number of benzene rings is 3. The van der Waals surface area contributed by atoms with Gasteiger partial charge in [-0.15, -0.1) is 0 Å². The first-order valence-electron chi connectivity index (χ1n) is 10.2. The average Bonchev–Trinajstić information content (AvgIpc) is 2.79. The molecule has 0 saturated heterocycles. The number of amides is 1. The maximum atomic E-state index is 14.0. The van der Waals surface area contributed by atoms with Crippen LogP contribution in [0.2, 0.25) is 0 Å². The van der Waals surface area contributed by atoms with Crippen LogP contribution in [0.5, 0.6) is 5.75 Å². The first kappa shape index (κ1) is 23.9. The van der Waals surface area contributed by atoms with Crippen molar-refractivity contribution in [1.82, 2.24) is 5.32 Å². The van der Waals surface area contributed by atoms with E-state index < -0.39 is 64.3 Å². The SMILES string of the molecule is O=C(CC(c1cc(F)c(F)c(F)c1)c1c(O)c2ccccc2oc1=O)NCc1cc(F)cc(F)c1. The number of para-hydroxylation sites is 1. The van der Waals surface area contributed by atoms with E-state index in [0.717, 1.165) is 12.1 Å². The summed E-state index contributed by atoms with van der Waals surface area (Å²) >= 11 is 0. The Balaban J connectivity index is 1.74. The molecule has 0 saturated carbocycles. The van der Waals surface area contributed by atoms with Crippen LogP contribution in [-0.2, 0) is 11.3 Å². The van der Waals surface area contributed by atoms with E-state index in [1.165, 1.54) is 12.1 Å². The number of hydrogen-bond acceptors (Lipinski definition) is 4. The van der Waals surface area contributed by atoms with Gasteiger partial charge in [0.15, 0.2) is 17.5 Å². The Hall–Kier alpha value is -4.21. The van der Waals surface area contributed by atoms with Gasteiger partial charge in [-0.25, -0.2) is 26.7 Å². The third kappa shape index (κ3) is 5.01. The molecule has 0 radical (unpaired) electrons. The molecule has 0 bridgehead atoms. The van der Waals surface area contributed by atoms with E-state index in [0.29, 0.717) is 18.2 Å². The van der Waals surface area contributed by atoms with Crippen LogP contribution in [0.3, 0.4) is 0 Å². The van der Waals surface area contributed by atoms with Crippen molar-refractivity contribution >= 4 is 16.9 Å². The van der Waals surface area contributed by atoms with Gasteiger partial charge in [0.2, 0.25) is 5.91 Å². The molecule has 0 aliphatic heterocycles. The molecule has 0 aliphatic rings. The van der Waals surface area contributed by atoms with Crippen LogP contribution in [-0.4, -0.2) is 11.0 Å². The van der Waals surface area contributed by atoms with Gasteiger partial charge in [0, 0.05) is 24.9 Å². The highest BCUT2D eigenvalue weighted by atomic mass is 19.2. The second-order valence-corrected chi connectivity index (χ2v) is 7.76. The molecule has 10 heteroatoms. The Morgan fingerprint density at radius 1 is 0.943 bits per heavy atom. The van der Waals surface area contributed by atoms with Crippen molar-refractivity contribution in [2.45, 2.75) is 18.9 Å². The van der Waals surface area contributed by atoms with E-state index in [9.17, 15) is 36.6 Å². The number of hydrogen-bond donors (Lipinski definition) is 2. The quantitative estimate of drug-likeness (QED) is 0.226. The monoisotopic (exact) mass is 489 g/mol. The lowest BCUT2D eigenvalue weighted by Crippen LogP contribution is -2.27. The van der Waals surface area contributed by atoms with Crippen molar-refractivity contribution in [3.05, 3.63) is 111 Å². The van der Waals surface area contributed by atoms with Gasteiger partial charge in [0.05, 0.1) is 10.9 Å². The summed E-state index contributed by atoms with van der Waals surface area (Å²) in [4.78, 5) is 25.4. The number of rotatable bonds is 6. The molecule has 4 aromatic rings. The largest absolute Gasteiger partial charge is 0.507 e. The molecule has 5 nitrogen and oxygen atoms in total. The highest BCUT2D eigenvalue weighted by Crippen LogP contribution is 2.37. The number of carbonyl (C=O) groups is 1. The maximum absolute atomic E-state index is 14.0. The Labute approximate surface area is 194 Å². The van der Waals surface area contributed by atoms with E-state index in [-0.39, 0.29) is 28.6 Å². The molecule has 2 N–H and O–H groups in total. The van der Waals surface area contributed by atoms with E-state index >= 15 is 0 Å². The summed E-state index contributed by atoms with van der Waals surface area (Å²) in [6.45, 7) is -0.301. The lowest BCUT2D eigenvalue weighted by atomic mass is 9.87. The van der Waals surface area contributed by atoms with Gasteiger partial charge in [-0.05, 0) is 47.5 Å². The fourth-order valence-corrected chi connectivity index (χ4v) is 3.79. The van der Waals surface area contributed by atoms with Gasteiger partial charge >= 0.3 is 5.63 Å². The van der Waals surface area contributed by atoms with Crippen LogP contribution in [0.4, 0.5) is 22.0 Å². The fraction of sp³-hybridized carbons (Fsp3) is 0.120. The lowest BCUT2D eigenvalue weighted by molar-refractivity contribution is -0.121. The van der Waals surface area contributed by atoms with E-state index in [2.05, 4.69) is 5.32 Å². The van der Waals surface area contributed by atoms with Gasteiger partial charge in [-0.3, -0.25) is 4.79 Å². The Kier molecular flexibility index (Phi) is 6.54. The molecule has 1 heterocycles. The predicted molar refractivity (Wildman–Crippen MR) is 115 cm³/mol. The number of halogens is 5. The second-order valence-electron chi connectivity index (χ2n) is 7.76. The smallest absolute Gasteiger partial charge is 0.343 e. The van der Waals surface area contributed by atoms with E-state index in [1.807, 2.05) is 0 Å². The molecule has 4 rings (SSSR count). The maximum Gasteiger partial charge on any atom is 0.343 e. The third-order valence-corrected chi connectivity index (χ3v) is 5.38. The zero-order valence-corrected chi connectivity index (χ0v) is 17.7. The summed E-state index contributed by atoms with van der Waals surface area (Å²) in [5.74, 6) is -9.42. The van der Waals surface area contributed by atoms with Crippen molar-refractivity contribution in [3.63, 3.8) is 0 Å². The number of nitrogens with one attached hydrogen (secondary N) is 1. The molecule has 3 aromatic carbocycles. The van der Waals surface area contributed by atoms with Gasteiger partial charge in [-0.2, -0.15) is 0 Å². The zero-order valence-electron chi connectivity index (χ0n) is 17.7.